The number of alkyl halides is 3. The van der Waals surface area contributed by atoms with Gasteiger partial charge in [0, 0.05) is 23.7 Å². The number of tetrazole rings is 1. The van der Waals surface area contributed by atoms with Gasteiger partial charge in [0.2, 0.25) is 5.82 Å². The highest BCUT2D eigenvalue weighted by Crippen LogP contribution is 2.28. The standard InChI is InChI=1S/C20H13Cl2F3N6O2/c1-29-16(20(23,24)25)9-17(32)31(19(29)33)13-6-7-15(22)14(8-13)18-26-28-30(27-18)10-11-2-4-12(21)5-3-11/h2-9H,10H2,1H3. The Kier molecular flexibility index (Phi) is 5.85. The summed E-state index contributed by atoms with van der Waals surface area (Å²) in [4.78, 5) is 26.3. The first-order chi connectivity index (χ1) is 15.5. The van der Waals surface area contributed by atoms with Gasteiger partial charge in [0.15, 0.2) is 0 Å². The first kappa shape index (κ1) is 22.7. The van der Waals surface area contributed by atoms with Gasteiger partial charge in [-0.2, -0.15) is 18.0 Å². The van der Waals surface area contributed by atoms with Gasteiger partial charge in [0.05, 0.1) is 17.3 Å². The number of benzene rings is 2. The van der Waals surface area contributed by atoms with Crippen LogP contribution in [0, 0.1) is 0 Å². The lowest BCUT2D eigenvalue weighted by Gasteiger charge is -2.14. The van der Waals surface area contributed by atoms with Crippen molar-refractivity contribution in [1.29, 1.82) is 0 Å². The molecule has 0 bridgehead atoms. The van der Waals surface area contributed by atoms with E-state index in [1.807, 2.05) is 0 Å². The van der Waals surface area contributed by atoms with Crippen LogP contribution >= 0.6 is 23.2 Å². The van der Waals surface area contributed by atoms with Crippen LogP contribution in [0.5, 0.6) is 0 Å². The summed E-state index contributed by atoms with van der Waals surface area (Å²) in [7, 11) is 0.932. The van der Waals surface area contributed by atoms with Crippen LogP contribution in [0.4, 0.5) is 13.2 Å². The molecule has 8 nitrogen and oxygen atoms in total. The summed E-state index contributed by atoms with van der Waals surface area (Å²) >= 11 is 12.1. The molecule has 4 rings (SSSR count). The average Bonchev–Trinajstić information content (AvgIpc) is 3.21. The zero-order valence-corrected chi connectivity index (χ0v) is 18.2. The maximum Gasteiger partial charge on any atom is 0.431 e. The molecule has 0 saturated carbocycles. The minimum Gasteiger partial charge on any atom is -0.292 e. The van der Waals surface area contributed by atoms with Crippen LogP contribution in [0.15, 0.2) is 58.1 Å². The van der Waals surface area contributed by atoms with Crippen LogP contribution < -0.4 is 11.2 Å². The van der Waals surface area contributed by atoms with Gasteiger partial charge in [0.25, 0.3) is 5.56 Å². The number of hydrogen-bond donors (Lipinski definition) is 0. The fourth-order valence-electron chi connectivity index (χ4n) is 3.13. The second-order valence-electron chi connectivity index (χ2n) is 6.98. The van der Waals surface area contributed by atoms with E-state index in [1.165, 1.54) is 23.0 Å². The molecule has 0 aliphatic rings. The predicted molar refractivity (Wildman–Crippen MR) is 115 cm³/mol. The first-order valence-corrected chi connectivity index (χ1v) is 10.0. The van der Waals surface area contributed by atoms with E-state index in [9.17, 15) is 22.8 Å². The lowest BCUT2D eigenvalue weighted by molar-refractivity contribution is -0.144. The van der Waals surface area contributed by atoms with Crippen LogP contribution in [-0.2, 0) is 19.8 Å². The van der Waals surface area contributed by atoms with Gasteiger partial charge >= 0.3 is 11.9 Å². The van der Waals surface area contributed by atoms with E-state index in [2.05, 4.69) is 15.4 Å². The molecule has 0 aliphatic heterocycles. The molecule has 0 radical (unpaired) electrons. The van der Waals surface area contributed by atoms with Gasteiger partial charge in [-0.25, -0.2) is 9.36 Å². The molecule has 13 heteroatoms. The van der Waals surface area contributed by atoms with Crippen molar-refractivity contribution in [3.8, 4) is 17.1 Å². The van der Waals surface area contributed by atoms with E-state index in [-0.39, 0.29) is 22.1 Å². The Hall–Kier alpha value is -3.44. The fourth-order valence-corrected chi connectivity index (χ4v) is 3.46. The molecule has 0 fully saturated rings. The van der Waals surface area contributed by atoms with Crippen molar-refractivity contribution in [2.45, 2.75) is 12.7 Å². The summed E-state index contributed by atoms with van der Waals surface area (Å²) in [5.41, 5.74) is -2.55. The zero-order chi connectivity index (χ0) is 23.9. The molecule has 2 aromatic heterocycles. The lowest BCUT2D eigenvalue weighted by Crippen LogP contribution is -2.40. The third kappa shape index (κ3) is 4.55. The van der Waals surface area contributed by atoms with E-state index in [0.717, 1.165) is 12.6 Å². The number of halogens is 5. The highest BCUT2D eigenvalue weighted by Gasteiger charge is 2.35. The van der Waals surface area contributed by atoms with Crippen LogP contribution in [0.3, 0.4) is 0 Å². The first-order valence-electron chi connectivity index (χ1n) is 9.27. The summed E-state index contributed by atoms with van der Waals surface area (Å²) in [5, 5.41) is 13.0. The Labute approximate surface area is 193 Å². The largest absolute Gasteiger partial charge is 0.431 e. The van der Waals surface area contributed by atoms with E-state index in [1.54, 1.807) is 24.3 Å². The Bertz CT molecular complexity index is 1460. The summed E-state index contributed by atoms with van der Waals surface area (Å²) in [6.45, 7) is 0.292. The Morgan fingerprint density at radius 2 is 1.70 bits per heavy atom. The molecular formula is C20H13Cl2F3N6O2. The molecule has 2 aromatic carbocycles. The van der Waals surface area contributed by atoms with Gasteiger partial charge < -0.3 is 0 Å². The summed E-state index contributed by atoms with van der Waals surface area (Å²) in [6, 6.07) is 11.4. The van der Waals surface area contributed by atoms with E-state index in [0.29, 0.717) is 26.8 Å². The number of hydrogen-bond acceptors (Lipinski definition) is 5. The molecule has 0 amide bonds. The second kappa shape index (κ2) is 8.49. The topological polar surface area (TPSA) is 87.6 Å². The van der Waals surface area contributed by atoms with Gasteiger partial charge in [-0.15, -0.1) is 10.2 Å². The average molecular weight is 497 g/mol. The SMILES string of the molecule is Cn1c(C(F)(F)F)cc(=O)n(-c2ccc(Cl)c(-c3nnn(Cc4ccc(Cl)cc4)n3)c2)c1=O. The normalized spacial score (nSPS) is 11.7. The highest BCUT2D eigenvalue weighted by molar-refractivity contribution is 6.33. The maximum atomic E-state index is 13.1. The van der Waals surface area contributed by atoms with E-state index in [4.69, 9.17) is 23.2 Å². The Morgan fingerprint density at radius 1 is 1.00 bits per heavy atom. The van der Waals surface area contributed by atoms with Gasteiger partial charge in [-0.1, -0.05) is 35.3 Å². The third-order valence-corrected chi connectivity index (χ3v) is 5.33. The van der Waals surface area contributed by atoms with E-state index >= 15 is 0 Å². The van der Waals surface area contributed by atoms with E-state index < -0.39 is 23.1 Å². The molecule has 33 heavy (non-hydrogen) atoms. The zero-order valence-electron chi connectivity index (χ0n) is 16.7. The van der Waals surface area contributed by atoms with Crippen molar-refractivity contribution in [2.24, 2.45) is 7.05 Å². The molecule has 2 heterocycles. The quantitative estimate of drug-likeness (QED) is 0.431. The van der Waals surface area contributed by atoms with Crippen LogP contribution in [0.2, 0.25) is 10.0 Å². The molecular weight excluding hydrogens is 484 g/mol. The molecule has 0 unspecified atom stereocenters. The second-order valence-corrected chi connectivity index (χ2v) is 7.82. The van der Waals surface area contributed by atoms with Crippen molar-refractivity contribution >= 4 is 23.2 Å². The molecule has 0 N–H and O–H groups in total. The Balaban J connectivity index is 1.74. The van der Waals surface area contributed by atoms with Gasteiger partial charge in [0.1, 0.15) is 5.69 Å². The van der Waals surface area contributed by atoms with Crippen molar-refractivity contribution in [3.05, 3.63) is 90.7 Å². The minimum atomic E-state index is -4.86. The lowest BCUT2D eigenvalue weighted by atomic mass is 10.2. The number of nitrogens with zero attached hydrogens (tertiary/aromatic N) is 6. The molecule has 0 saturated heterocycles. The monoisotopic (exact) mass is 496 g/mol. The molecule has 4 aromatic rings. The van der Waals surface area contributed by atoms with Crippen LogP contribution in [0.25, 0.3) is 17.1 Å². The van der Waals surface area contributed by atoms with Crippen molar-refractivity contribution in [2.75, 3.05) is 0 Å². The third-order valence-electron chi connectivity index (χ3n) is 4.75. The number of aromatic nitrogens is 6. The van der Waals surface area contributed by atoms with Gasteiger partial charge in [-0.05, 0) is 41.1 Å². The molecule has 170 valence electrons. The van der Waals surface area contributed by atoms with Crippen molar-refractivity contribution in [1.82, 2.24) is 29.3 Å². The van der Waals surface area contributed by atoms with Crippen LogP contribution in [-0.4, -0.2) is 29.3 Å². The summed E-state index contributed by atoms with van der Waals surface area (Å²) in [5.74, 6) is 0.104. The molecule has 0 atom stereocenters. The predicted octanol–water partition coefficient (Wildman–Crippen LogP) is 3.56. The van der Waals surface area contributed by atoms with Gasteiger partial charge in [-0.3, -0.25) is 9.36 Å². The molecule has 0 spiro atoms. The summed E-state index contributed by atoms with van der Waals surface area (Å²) < 4.78 is 40.3. The Morgan fingerprint density at radius 3 is 2.36 bits per heavy atom. The fraction of sp³-hybridized carbons (Fsp3) is 0.150. The van der Waals surface area contributed by atoms with Crippen LogP contribution in [0.1, 0.15) is 11.3 Å². The maximum absolute atomic E-state index is 13.1. The smallest absolute Gasteiger partial charge is 0.292 e. The minimum absolute atomic E-state index is 0.00257. The molecule has 0 aliphatic carbocycles. The summed E-state index contributed by atoms with van der Waals surface area (Å²) in [6.07, 6.45) is -4.86. The van der Waals surface area contributed by atoms with Crippen molar-refractivity contribution < 1.29 is 13.2 Å². The van der Waals surface area contributed by atoms with Crippen molar-refractivity contribution in [3.63, 3.8) is 0 Å². The number of rotatable bonds is 4. The highest BCUT2D eigenvalue weighted by atomic mass is 35.5.